The van der Waals surface area contributed by atoms with Crippen molar-refractivity contribution in [3.05, 3.63) is 16.1 Å². The fourth-order valence-corrected chi connectivity index (χ4v) is 2.44. The lowest BCUT2D eigenvalue weighted by molar-refractivity contribution is -0.121. The molecule has 0 spiro atoms. The first-order valence-corrected chi connectivity index (χ1v) is 7.72. The molecule has 0 aliphatic rings. The molecular formula is C14H25N3O2S. The second-order valence-electron chi connectivity index (χ2n) is 5.66. The van der Waals surface area contributed by atoms with E-state index < -0.39 is 0 Å². The summed E-state index contributed by atoms with van der Waals surface area (Å²) in [4.78, 5) is 16.0. The van der Waals surface area contributed by atoms with Crippen LogP contribution >= 0.6 is 11.3 Å². The van der Waals surface area contributed by atoms with E-state index in [0.717, 1.165) is 10.7 Å². The highest BCUT2D eigenvalue weighted by Crippen LogP contribution is 2.25. The standard InChI is InChI=1S/C14H25N3O2S/c1-14(2,3)13-17-11(10-20-13)9-15-6-5-12(18)16-7-8-19-4/h10,15H,5-9H2,1-4H3,(H,16,18). The van der Waals surface area contributed by atoms with Crippen molar-refractivity contribution >= 4 is 17.2 Å². The zero-order chi connectivity index (χ0) is 15.0. The Morgan fingerprint density at radius 2 is 2.15 bits per heavy atom. The molecule has 0 radical (unpaired) electrons. The van der Waals surface area contributed by atoms with Crippen molar-refractivity contribution in [3.63, 3.8) is 0 Å². The molecule has 6 heteroatoms. The lowest BCUT2D eigenvalue weighted by Gasteiger charge is -2.13. The van der Waals surface area contributed by atoms with Crippen LogP contribution in [0.15, 0.2) is 5.38 Å². The minimum Gasteiger partial charge on any atom is -0.383 e. The molecule has 114 valence electrons. The van der Waals surface area contributed by atoms with Gasteiger partial charge in [-0.15, -0.1) is 11.3 Å². The van der Waals surface area contributed by atoms with E-state index in [1.165, 1.54) is 0 Å². The van der Waals surface area contributed by atoms with Crippen molar-refractivity contribution in [2.45, 2.75) is 39.2 Å². The van der Waals surface area contributed by atoms with Gasteiger partial charge in [0.25, 0.3) is 0 Å². The molecule has 0 aromatic carbocycles. The molecule has 0 aliphatic heterocycles. The van der Waals surface area contributed by atoms with Gasteiger partial charge in [0.15, 0.2) is 0 Å². The summed E-state index contributed by atoms with van der Waals surface area (Å²) in [5.41, 5.74) is 1.14. The lowest BCUT2D eigenvalue weighted by atomic mass is 9.98. The van der Waals surface area contributed by atoms with E-state index in [9.17, 15) is 4.79 Å². The first-order valence-electron chi connectivity index (χ1n) is 6.84. The maximum absolute atomic E-state index is 11.4. The van der Waals surface area contributed by atoms with Crippen molar-refractivity contribution in [3.8, 4) is 0 Å². The molecule has 0 atom stereocenters. The Kier molecular flexibility index (Phi) is 7.12. The summed E-state index contributed by atoms with van der Waals surface area (Å²) in [6.07, 6.45) is 0.472. The Morgan fingerprint density at radius 1 is 1.40 bits per heavy atom. The molecule has 1 amide bonds. The molecular weight excluding hydrogens is 274 g/mol. The number of methoxy groups -OCH3 is 1. The molecule has 1 aromatic heterocycles. The second kappa shape index (κ2) is 8.34. The van der Waals surface area contributed by atoms with Crippen LogP contribution in [0.25, 0.3) is 0 Å². The Labute approximate surface area is 125 Å². The van der Waals surface area contributed by atoms with E-state index in [1.54, 1.807) is 18.4 Å². The molecule has 0 unspecified atom stereocenters. The zero-order valence-electron chi connectivity index (χ0n) is 12.8. The van der Waals surface area contributed by atoms with Crippen LogP contribution in [0.5, 0.6) is 0 Å². The van der Waals surface area contributed by atoms with E-state index in [0.29, 0.717) is 32.7 Å². The van der Waals surface area contributed by atoms with Crippen LogP contribution in [-0.2, 0) is 21.5 Å². The Hall–Kier alpha value is -0.980. The summed E-state index contributed by atoms with van der Waals surface area (Å²) in [6, 6.07) is 0. The van der Waals surface area contributed by atoms with Crippen LogP contribution in [-0.4, -0.2) is 37.7 Å². The fraction of sp³-hybridized carbons (Fsp3) is 0.714. The normalized spacial score (nSPS) is 11.6. The second-order valence-corrected chi connectivity index (χ2v) is 6.52. The number of carbonyl (C=O) groups excluding carboxylic acids is 1. The van der Waals surface area contributed by atoms with E-state index in [4.69, 9.17) is 4.74 Å². The van der Waals surface area contributed by atoms with E-state index in [1.807, 2.05) is 0 Å². The number of carbonyl (C=O) groups is 1. The number of aromatic nitrogens is 1. The smallest absolute Gasteiger partial charge is 0.221 e. The topological polar surface area (TPSA) is 63.2 Å². The molecule has 0 saturated heterocycles. The molecule has 1 rings (SSSR count). The molecule has 5 nitrogen and oxygen atoms in total. The van der Waals surface area contributed by atoms with Crippen LogP contribution < -0.4 is 10.6 Å². The SMILES string of the molecule is COCCNC(=O)CCNCc1csc(C(C)(C)C)n1. The highest BCUT2D eigenvalue weighted by molar-refractivity contribution is 7.09. The number of nitrogens with zero attached hydrogens (tertiary/aromatic N) is 1. The molecule has 1 heterocycles. The first-order chi connectivity index (χ1) is 9.43. The van der Waals surface area contributed by atoms with Crippen molar-refractivity contribution in [1.82, 2.24) is 15.6 Å². The number of hydrogen-bond donors (Lipinski definition) is 2. The molecule has 0 bridgehead atoms. The average Bonchev–Trinajstić information content (AvgIpc) is 2.83. The highest BCUT2D eigenvalue weighted by atomic mass is 32.1. The van der Waals surface area contributed by atoms with Gasteiger partial charge in [0.05, 0.1) is 17.3 Å². The number of rotatable bonds is 8. The predicted molar refractivity (Wildman–Crippen MR) is 82.0 cm³/mol. The Bertz CT molecular complexity index is 413. The molecule has 0 saturated carbocycles. The van der Waals surface area contributed by atoms with E-state index in [-0.39, 0.29) is 11.3 Å². The lowest BCUT2D eigenvalue weighted by Crippen LogP contribution is -2.30. The van der Waals surface area contributed by atoms with Gasteiger partial charge in [-0.2, -0.15) is 0 Å². The van der Waals surface area contributed by atoms with Crippen LogP contribution in [0, 0.1) is 0 Å². The quantitative estimate of drug-likeness (QED) is 0.717. The zero-order valence-corrected chi connectivity index (χ0v) is 13.6. The monoisotopic (exact) mass is 299 g/mol. The third-order valence-corrected chi connectivity index (χ3v) is 3.97. The van der Waals surface area contributed by atoms with Crippen LogP contribution in [0.3, 0.4) is 0 Å². The van der Waals surface area contributed by atoms with Gasteiger partial charge < -0.3 is 15.4 Å². The van der Waals surface area contributed by atoms with Gasteiger partial charge in [-0.3, -0.25) is 4.79 Å². The number of thiazole rings is 1. The van der Waals surface area contributed by atoms with Crippen molar-refractivity contribution in [2.24, 2.45) is 0 Å². The summed E-state index contributed by atoms with van der Waals surface area (Å²) in [7, 11) is 1.62. The Morgan fingerprint density at radius 3 is 2.75 bits per heavy atom. The largest absolute Gasteiger partial charge is 0.383 e. The van der Waals surface area contributed by atoms with E-state index in [2.05, 4.69) is 41.8 Å². The summed E-state index contributed by atoms with van der Waals surface area (Å²) in [5.74, 6) is 0.0446. The minimum atomic E-state index is 0.0446. The third kappa shape index (κ3) is 6.45. The molecule has 1 aromatic rings. The Balaban J connectivity index is 2.18. The van der Waals surface area contributed by atoms with Gasteiger partial charge in [-0.1, -0.05) is 20.8 Å². The highest BCUT2D eigenvalue weighted by Gasteiger charge is 2.17. The van der Waals surface area contributed by atoms with Crippen molar-refractivity contribution < 1.29 is 9.53 Å². The van der Waals surface area contributed by atoms with Crippen LogP contribution in [0.2, 0.25) is 0 Å². The molecule has 0 aliphatic carbocycles. The minimum absolute atomic E-state index is 0.0446. The number of ether oxygens (including phenoxy) is 1. The summed E-state index contributed by atoms with van der Waals surface area (Å²) < 4.78 is 4.87. The maximum Gasteiger partial charge on any atom is 0.221 e. The molecule has 2 N–H and O–H groups in total. The summed E-state index contributed by atoms with van der Waals surface area (Å²) >= 11 is 1.69. The summed E-state index contributed by atoms with van der Waals surface area (Å²) in [5, 5.41) is 9.25. The molecule has 0 fully saturated rings. The number of hydrogen-bond acceptors (Lipinski definition) is 5. The average molecular weight is 299 g/mol. The predicted octanol–water partition coefficient (Wildman–Crippen LogP) is 1.68. The maximum atomic E-state index is 11.4. The number of nitrogens with one attached hydrogen (secondary N) is 2. The first kappa shape index (κ1) is 17.1. The number of amides is 1. The van der Waals surface area contributed by atoms with Crippen molar-refractivity contribution in [2.75, 3.05) is 26.8 Å². The van der Waals surface area contributed by atoms with Gasteiger partial charge in [0.1, 0.15) is 0 Å². The van der Waals surface area contributed by atoms with Gasteiger partial charge in [-0.05, 0) is 0 Å². The van der Waals surface area contributed by atoms with Gasteiger partial charge in [0, 0.05) is 44.0 Å². The van der Waals surface area contributed by atoms with Crippen molar-refractivity contribution in [1.29, 1.82) is 0 Å². The van der Waals surface area contributed by atoms with Gasteiger partial charge in [-0.25, -0.2) is 4.98 Å². The van der Waals surface area contributed by atoms with Gasteiger partial charge in [0.2, 0.25) is 5.91 Å². The third-order valence-electron chi connectivity index (χ3n) is 2.66. The van der Waals surface area contributed by atoms with Gasteiger partial charge >= 0.3 is 0 Å². The summed E-state index contributed by atoms with van der Waals surface area (Å²) in [6.45, 7) is 8.96. The fourth-order valence-electron chi connectivity index (χ4n) is 1.53. The van der Waals surface area contributed by atoms with Crippen LogP contribution in [0.1, 0.15) is 37.9 Å². The molecule has 20 heavy (non-hydrogen) atoms. The van der Waals surface area contributed by atoms with Crippen LogP contribution in [0.4, 0.5) is 0 Å². The van der Waals surface area contributed by atoms with E-state index >= 15 is 0 Å².